The fourth-order valence-electron chi connectivity index (χ4n) is 2.57. The summed E-state index contributed by atoms with van der Waals surface area (Å²) in [5.41, 5.74) is 0.990. The second-order valence-electron chi connectivity index (χ2n) is 5.40. The second-order valence-corrected chi connectivity index (χ2v) is 7.73. The van der Waals surface area contributed by atoms with Gasteiger partial charge in [0.15, 0.2) is 14.6 Å². The Bertz CT molecular complexity index is 633. The summed E-state index contributed by atoms with van der Waals surface area (Å²) in [5, 5.41) is 9.21. The fraction of sp³-hybridized carbons (Fsp3) is 0.533. The van der Waals surface area contributed by atoms with Gasteiger partial charge in [0.05, 0.1) is 25.9 Å². The largest absolute Gasteiger partial charge is 0.497 e. The molecule has 0 radical (unpaired) electrons. The molecule has 0 N–H and O–H groups in total. The number of rotatable bonds is 5. The van der Waals surface area contributed by atoms with Crippen molar-refractivity contribution in [2.24, 2.45) is 0 Å². The quantitative estimate of drug-likeness (QED) is 0.832. The van der Waals surface area contributed by atoms with Crippen molar-refractivity contribution in [3.63, 3.8) is 0 Å². The molecule has 1 saturated carbocycles. The molecule has 21 heavy (non-hydrogen) atoms. The maximum Gasteiger partial charge on any atom is 0.166 e. The van der Waals surface area contributed by atoms with Crippen LogP contribution in [0.2, 0.25) is 0 Å². The van der Waals surface area contributed by atoms with Gasteiger partial charge in [-0.15, -0.1) is 0 Å². The highest BCUT2D eigenvalue weighted by Crippen LogP contribution is 2.37. The van der Waals surface area contributed by atoms with E-state index in [2.05, 4.69) is 0 Å². The van der Waals surface area contributed by atoms with Gasteiger partial charge in [0.25, 0.3) is 0 Å². The highest BCUT2D eigenvalue weighted by molar-refractivity contribution is 7.92. The van der Waals surface area contributed by atoms with Gasteiger partial charge in [-0.3, -0.25) is 0 Å². The van der Waals surface area contributed by atoms with Crippen molar-refractivity contribution in [3.05, 3.63) is 29.8 Å². The molecule has 5 nitrogen and oxygen atoms in total. The van der Waals surface area contributed by atoms with E-state index in [4.69, 9.17) is 9.47 Å². The van der Waals surface area contributed by atoms with Crippen molar-refractivity contribution in [1.82, 2.24) is 0 Å². The molecule has 1 fully saturated rings. The molecule has 0 bridgehead atoms. The molecule has 0 aliphatic heterocycles. The first-order chi connectivity index (χ1) is 9.90. The van der Waals surface area contributed by atoms with Gasteiger partial charge in [0, 0.05) is 12.7 Å². The number of sulfone groups is 1. The minimum atomic E-state index is -3.40. The van der Waals surface area contributed by atoms with Gasteiger partial charge >= 0.3 is 0 Å². The maximum absolute atomic E-state index is 11.8. The molecule has 0 aromatic heterocycles. The number of nitrogens with zero attached hydrogens (tertiary/aromatic N) is 1. The van der Waals surface area contributed by atoms with Gasteiger partial charge in [-0.25, -0.2) is 8.42 Å². The van der Waals surface area contributed by atoms with Crippen LogP contribution in [-0.4, -0.2) is 32.6 Å². The average Bonchev–Trinajstić information content (AvgIpc) is 2.90. The lowest BCUT2D eigenvalue weighted by Gasteiger charge is -2.18. The van der Waals surface area contributed by atoms with Crippen LogP contribution in [0.3, 0.4) is 0 Å². The molecule has 0 heterocycles. The monoisotopic (exact) mass is 309 g/mol. The summed E-state index contributed by atoms with van der Waals surface area (Å²) in [4.78, 5) is 0. The smallest absolute Gasteiger partial charge is 0.166 e. The summed E-state index contributed by atoms with van der Waals surface area (Å²) in [6.45, 7) is 0.403. The van der Waals surface area contributed by atoms with Crippen LogP contribution in [0.5, 0.6) is 5.75 Å². The molecular formula is C15H19NO4S. The van der Waals surface area contributed by atoms with E-state index in [0.717, 1.165) is 17.6 Å². The molecule has 1 aliphatic carbocycles. The minimum absolute atomic E-state index is 0.193. The Morgan fingerprint density at radius 3 is 2.52 bits per heavy atom. The van der Waals surface area contributed by atoms with Crippen LogP contribution in [0, 0.1) is 11.3 Å². The Hall–Kier alpha value is -1.58. The van der Waals surface area contributed by atoms with Crippen LogP contribution < -0.4 is 4.74 Å². The molecular weight excluding hydrogens is 290 g/mol. The van der Waals surface area contributed by atoms with E-state index in [1.54, 1.807) is 7.11 Å². The number of hydrogen-bond donors (Lipinski definition) is 0. The second kappa shape index (κ2) is 6.04. The van der Waals surface area contributed by atoms with Crippen LogP contribution in [0.4, 0.5) is 0 Å². The number of methoxy groups -OCH3 is 1. The van der Waals surface area contributed by atoms with E-state index >= 15 is 0 Å². The molecule has 1 aliphatic rings. The van der Waals surface area contributed by atoms with E-state index in [9.17, 15) is 13.7 Å². The molecule has 2 atom stereocenters. The maximum atomic E-state index is 11.8. The normalized spacial score (nSPS) is 25.5. The lowest BCUT2D eigenvalue weighted by Crippen LogP contribution is -2.34. The van der Waals surface area contributed by atoms with Gasteiger partial charge < -0.3 is 9.47 Å². The van der Waals surface area contributed by atoms with Crippen molar-refractivity contribution in [3.8, 4) is 11.8 Å². The van der Waals surface area contributed by atoms with Gasteiger partial charge in [0.1, 0.15) is 5.75 Å². The molecule has 0 saturated heterocycles. The predicted octanol–water partition coefficient (Wildman–Crippen LogP) is 2.07. The van der Waals surface area contributed by atoms with Crippen LogP contribution in [0.15, 0.2) is 24.3 Å². The molecule has 0 spiro atoms. The Morgan fingerprint density at radius 2 is 2.05 bits per heavy atom. The Labute approximate surface area is 125 Å². The van der Waals surface area contributed by atoms with Gasteiger partial charge in [-0.05, 0) is 30.5 Å². The molecule has 1 aromatic rings. The summed E-state index contributed by atoms with van der Waals surface area (Å²) >= 11 is 0. The van der Waals surface area contributed by atoms with E-state index in [1.165, 1.54) is 0 Å². The van der Waals surface area contributed by atoms with Crippen LogP contribution in [0.25, 0.3) is 0 Å². The third-order valence-electron chi connectivity index (χ3n) is 3.99. The predicted molar refractivity (Wildman–Crippen MR) is 78.6 cm³/mol. The number of benzene rings is 1. The lowest BCUT2D eigenvalue weighted by atomic mass is 10.1. The van der Waals surface area contributed by atoms with Crippen molar-refractivity contribution >= 4 is 9.84 Å². The van der Waals surface area contributed by atoms with Crippen LogP contribution >= 0.6 is 0 Å². The van der Waals surface area contributed by atoms with Crippen molar-refractivity contribution in [2.75, 3.05) is 13.4 Å². The molecule has 114 valence electrons. The zero-order chi connectivity index (χ0) is 15.5. The molecule has 2 unspecified atom stereocenters. The first kappa shape index (κ1) is 15.8. The number of hydrogen-bond acceptors (Lipinski definition) is 5. The first-order valence-electron chi connectivity index (χ1n) is 6.75. The highest BCUT2D eigenvalue weighted by Gasteiger charge is 2.48. The van der Waals surface area contributed by atoms with E-state index in [1.807, 2.05) is 30.3 Å². The summed E-state index contributed by atoms with van der Waals surface area (Å²) in [6.07, 6.45) is 2.12. The van der Waals surface area contributed by atoms with E-state index < -0.39 is 14.6 Å². The third-order valence-corrected chi connectivity index (χ3v) is 5.87. The summed E-state index contributed by atoms with van der Waals surface area (Å²) < 4.78 is 33.1. The first-order valence-corrected chi connectivity index (χ1v) is 8.65. The van der Waals surface area contributed by atoms with Crippen molar-refractivity contribution in [2.45, 2.75) is 36.7 Å². The Morgan fingerprint density at radius 1 is 1.38 bits per heavy atom. The third kappa shape index (κ3) is 3.36. The van der Waals surface area contributed by atoms with Gasteiger partial charge in [-0.1, -0.05) is 12.1 Å². The molecule has 6 heteroatoms. The van der Waals surface area contributed by atoms with Crippen molar-refractivity contribution < 1.29 is 17.9 Å². The highest BCUT2D eigenvalue weighted by atomic mass is 32.2. The zero-order valence-electron chi connectivity index (χ0n) is 12.2. The average molecular weight is 309 g/mol. The topological polar surface area (TPSA) is 76.4 Å². The van der Waals surface area contributed by atoms with Crippen LogP contribution in [-0.2, 0) is 21.2 Å². The van der Waals surface area contributed by atoms with Gasteiger partial charge in [-0.2, -0.15) is 5.26 Å². The fourth-order valence-corrected chi connectivity index (χ4v) is 3.71. The Kier molecular flexibility index (Phi) is 4.55. The summed E-state index contributed by atoms with van der Waals surface area (Å²) in [6, 6.07) is 9.49. The van der Waals surface area contributed by atoms with Crippen LogP contribution in [0.1, 0.15) is 24.8 Å². The molecule has 2 rings (SSSR count). The minimum Gasteiger partial charge on any atom is -0.497 e. The van der Waals surface area contributed by atoms with E-state index in [0.29, 0.717) is 19.4 Å². The SMILES string of the molecule is COc1ccc(COC2CCC(C#N)(S(C)(=O)=O)C2)cc1. The zero-order valence-corrected chi connectivity index (χ0v) is 13.0. The Balaban J connectivity index is 1.95. The standard InChI is InChI=1S/C15H19NO4S/c1-19-13-5-3-12(4-6-13)10-20-14-7-8-15(9-14,11-16)21(2,17)18/h3-6,14H,7-10H2,1-2H3. The number of ether oxygens (including phenoxy) is 2. The molecule has 1 aromatic carbocycles. The number of nitriles is 1. The summed E-state index contributed by atoms with van der Waals surface area (Å²) in [7, 11) is -1.79. The van der Waals surface area contributed by atoms with Crippen molar-refractivity contribution in [1.29, 1.82) is 5.26 Å². The summed E-state index contributed by atoms with van der Waals surface area (Å²) in [5.74, 6) is 0.778. The lowest BCUT2D eigenvalue weighted by molar-refractivity contribution is 0.0448. The van der Waals surface area contributed by atoms with Gasteiger partial charge in [0.2, 0.25) is 0 Å². The van der Waals surface area contributed by atoms with E-state index in [-0.39, 0.29) is 12.5 Å². The molecule has 0 amide bonds.